The van der Waals surface area contributed by atoms with Gasteiger partial charge in [-0.3, -0.25) is 19.8 Å². The summed E-state index contributed by atoms with van der Waals surface area (Å²) in [7, 11) is 0. The highest BCUT2D eigenvalue weighted by Gasteiger charge is 2.46. The molecule has 0 amide bonds. The van der Waals surface area contributed by atoms with Crippen LogP contribution in [-0.4, -0.2) is 10.7 Å². The number of nitro groups is 1. The lowest BCUT2D eigenvalue weighted by molar-refractivity contribution is -0.384. The molecule has 1 atom stereocenters. The Bertz CT molecular complexity index is 1770. The number of nitrogens with zero attached hydrogens (tertiary/aromatic N) is 3. The van der Waals surface area contributed by atoms with Crippen LogP contribution >= 0.6 is 0 Å². The second-order valence-corrected chi connectivity index (χ2v) is 12.1. The van der Waals surface area contributed by atoms with Gasteiger partial charge in [-0.25, -0.2) is 4.39 Å². The van der Waals surface area contributed by atoms with Gasteiger partial charge in [-0.1, -0.05) is 49.2 Å². The first-order chi connectivity index (χ1) is 20.3. The molecule has 0 radical (unpaired) electrons. The Hall–Kier alpha value is -4.97. The van der Waals surface area contributed by atoms with E-state index in [-0.39, 0.29) is 35.9 Å². The summed E-state index contributed by atoms with van der Waals surface area (Å²) in [5.74, 6) is -1.02. The molecule has 1 aliphatic heterocycles. The zero-order valence-corrected chi connectivity index (χ0v) is 24.8. The number of halogens is 1. The molecule has 8 nitrogen and oxygen atoms in total. The van der Waals surface area contributed by atoms with E-state index >= 15 is 0 Å². The summed E-state index contributed by atoms with van der Waals surface area (Å²) in [6, 6.07) is 17.1. The van der Waals surface area contributed by atoms with Crippen molar-refractivity contribution in [2.75, 3.05) is 4.90 Å². The number of ketones is 1. The average Bonchev–Trinajstić information content (AvgIpc) is 2.93. The van der Waals surface area contributed by atoms with Crippen molar-refractivity contribution in [3.05, 3.63) is 121 Å². The third kappa shape index (κ3) is 5.48. The van der Waals surface area contributed by atoms with Crippen LogP contribution in [0.15, 0.2) is 77.3 Å². The Morgan fingerprint density at radius 2 is 1.79 bits per heavy atom. The van der Waals surface area contributed by atoms with Crippen molar-refractivity contribution < 1.29 is 18.8 Å². The molecule has 5 rings (SSSR count). The van der Waals surface area contributed by atoms with Crippen LogP contribution in [0.25, 0.3) is 0 Å². The smallest absolute Gasteiger partial charge is 0.296 e. The summed E-state index contributed by atoms with van der Waals surface area (Å²) in [6.07, 6.45) is 0.599. The molecular formula is C34H33FN4O4. The van der Waals surface area contributed by atoms with Gasteiger partial charge >= 0.3 is 0 Å². The Kier molecular flexibility index (Phi) is 7.57. The molecule has 1 aliphatic carbocycles. The fourth-order valence-electron chi connectivity index (χ4n) is 6.14. The lowest BCUT2D eigenvalue weighted by Gasteiger charge is -2.43. The van der Waals surface area contributed by atoms with Crippen molar-refractivity contribution in [1.29, 1.82) is 5.26 Å². The maximum Gasteiger partial charge on any atom is 0.296 e. The van der Waals surface area contributed by atoms with Crippen LogP contribution < -0.4 is 15.4 Å². The van der Waals surface area contributed by atoms with Gasteiger partial charge in [0.05, 0.1) is 28.5 Å². The number of carbonyl (C=O) groups excluding carboxylic acids is 1. The van der Waals surface area contributed by atoms with E-state index in [2.05, 4.69) is 6.07 Å². The Morgan fingerprint density at radius 1 is 1.09 bits per heavy atom. The van der Waals surface area contributed by atoms with Crippen LogP contribution in [0.5, 0.6) is 5.75 Å². The van der Waals surface area contributed by atoms with E-state index < -0.39 is 27.8 Å². The standard InChI is InChI=1S/C34H33FN4O4/c1-19-6-9-24(10-7-19)43-18-22-12-20(2)13-25(21(22)3)31-26(17-36)33(37)38(27-11-8-23(35)14-28(27)39(41)42)29-15-34(4,5)16-30(40)32(29)31/h6-14,31H,15-16,18,37H2,1-5H3. The number of carbonyl (C=O) groups is 1. The molecule has 0 spiro atoms. The van der Waals surface area contributed by atoms with Crippen molar-refractivity contribution in [3.63, 3.8) is 0 Å². The lowest BCUT2D eigenvalue weighted by atomic mass is 9.68. The average molecular weight is 581 g/mol. The van der Waals surface area contributed by atoms with E-state index in [0.29, 0.717) is 17.7 Å². The minimum Gasteiger partial charge on any atom is -0.489 e. The molecule has 2 N–H and O–H groups in total. The molecule has 2 aliphatic rings. The highest BCUT2D eigenvalue weighted by Crippen LogP contribution is 2.52. The third-order valence-electron chi connectivity index (χ3n) is 8.18. The van der Waals surface area contributed by atoms with Crippen LogP contribution in [0, 0.1) is 53.4 Å². The Labute approximate surface area is 250 Å². The molecule has 0 saturated heterocycles. The van der Waals surface area contributed by atoms with Crippen LogP contribution in [0.1, 0.15) is 60.4 Å². The fraction of sp³-hybridized carbons (Fsp3) is 0.294. The number of hydrogen-bond donors (Lipinski definition) is 1. The molecule has 3 aromatic carbocycles. The van der Waals surface area contributed by atoms with Gasteiger partial charge in [0.15, 0.2) is 5.78 Å². The molecular weight excluding hydrogens is 547 g/mol. The summed E-state index contributed by atoms with van der Waals surface area (Å²) in [4.78, 5) is 26.7. The maximum absolute atomic E-state index is 14.1. The quantitative estimate of drug-likeness (QED) is 0.242. The largest absolute Gasteiger partial charge is 0.489 e. The lowest BCUT2D eigenvalue weighted by Crippen LogP contribution is -2.42. The van der Waals surface area contributed by atoms with Gasteiger partial charge in [0.1, 0.15) is 29.7 Å². The minimum atomic E-state index is -0.780. The van der Waals surface area contributed by atoms with Crippen LogP contribution in [0.3, 0.4) is 0 Å². The molecule has 0 aromatic heterocycles. The fourth-order valence-corrected chi connectivity index (χ4v) is 6.14. The number of anilines is 1. The highest BCUT2D eigenvalue weighted by molar-refractivity contribution is 6.02. The zero-order valence-electron chi connectivity index (χ0n) is 24.8. The van der Waals surface area contributed by atoms with Crippen molar-refractivity contribution in [2.24, 2.45) is 11.1 Å². The first-order valence-electron chi connectivity index (χ1n) is 14.0. The summed E-state index contributed by atoms with van der Waals surface area (Å²) >= 11 is 0. The van der Waals surface area contributed by atoms with Crippen LogP contribution in [0.4, 0.5) is 15.8 Å². The van der Waals surface area contributed by atoms with Crippen molar-refractivity contribution in [1.82, 2.24) is 0 Å². The molecule has 0 saturated carbocycles. The van der Waals surface area contributed by atoms with Crippen molar-refractivity contribution in [3.8, 4) is 11.8 Å². The topological polar surface area (TPSA) is 122 Å². The molecule has 9 heteroatoms. The number of nitriles is 1. The predicted octanol–water partition coefficient (Wildman–Crippen LogP) is 7.18. The molecule has 3 aromatic rings. The number of rotatable bonds is 6. The summed E-state index contributed by atoms with van der Waals surface area (Å²) < 4.78 is 20.2. The van der Waals surface area contributed by atoms with Gasteiger partial charge < -0.3 is 10.5 Å². The van der Waals surface area contributed by atoms with E-state index in [9.17, 15) is 24.6 Å². The van der Waals surface area contributed by atoms with Gasteiger partial charge in [0.2, 0.25) is 0 Å². The first kappa shape index (κ1) is 29.5. The van der Waals surface area contributed by atoms with Gasteiger partial charge in [0.25, 0.3) is 5.69 Å². The minimum absolute atomic E-state index is 0.00116. The van der Waals surface area contributed by atoms with Gasteiger partial charge in [-0.2, -0.15) is 5.26 Å². The number of hydrogen-bond acceptors (Lipinski definition) is 7. The van der Waals surface area contributed by atoms with Gasteiger partial charge in [-0.15, -0.1) is 0 Å². The number of allylic oxidation sites excluding steroid dienone is 3. The van der Waals surface area contributed by atoms with Crippen molar-refractivity contribution >= 4 is 17.2 Å². The second-order valence-electron chi connectivity index (χ2n) is 12.1. The molecule has 43 heavy (non-hydrogen) atoms. The third-order valence-corrected chi connectivity index (χ3v) is 8.18. The Balaban J connectivity index is 1.70. The predicted molar refractivity (Wildman–Crippen MR) is 162 cm³/mol. The molecule has 220 valence electrons. The number of Topliss-reactive ketones (excluding diaryl/α,β-unsaturated/α-hetero) is 1. The molecule has 1 unspecified atom stereocenters. The number of nitro benzene ring substituents is 1. The normalized spacial score (nSPS) is 17.9. The summed E-state index contributed by atoms with van der Waals surface area (Å²) in [5, 5.41) is 22.5. The second kappa shape index (κ2) is 11.0. The van der Waals surface area contributed by atoms with E-state index in [4.69, 9.17) is 10.5 Å². The number of benzene rings is 3. The number of nitrogens with two attached hydrogens (primary N) is 1. The number of ether oxygens (including phenoxy) is 1. The van der Waals surface area contributed by atoms with E-state index in [1.54, 1.807) is 0 Å². The highest BCUT2D eigenvalue weighted by atomic mass is 19.1. The Morgan fingerprint density at radius 3 is 2.44 bits per heavy atom. The summed E-state index contributed by atoms with van der Waals surface area (Å²) in [6.45, 7) is 10.0. The van der Waals surface area contributed by atoms with Crippen LogP contribution in [0.2, 0.25) is 0 Å². The maximum atomic E-state index is 14.1. The molecule has 0 fully saturated rings. The molecule has 0 bridgehead atoms. The summed E-state index contributed by atoms with van der Waals surface area (Å²) in [5.41, 5.74) is 11.2. The SMILES string of the molecule is Cc1ccc(OCc2cc(C)cc(C3C(C#N)=C(N)N(c4ccc(F)cc4[N+](=O)[O-])C4=C3C(=O)CC(C)(C)C4)c2C)cc1. The van der Waals surface area contributed by atoms with Crippen molar-refractivity contribution in [2.45, 2.75) is 60.0 Å². The monoisotopic (exact) mass is 580 g/mol. The number of aryl methyl sites for hydroxylation is 2. The van der Waals surface area contributed by atoms with E-state index in [0.717, 1.165) is 45.7 Å². The first-order valence-corrected chi connectivity index (χ1v) is 14.0. The molecule has 1 heterocycles. The van der Waals surface area contributed by atoms with E-state index in [1.807, 2.05) is 71.0 Å². The van der Waals surface area contributed by atoms with Gasteiger partial charge in [-0.05, 0) is 73.6 Å². The van der Waals surface area contributed by atoms with E-state index in [1.165, 1.54) is 11.0 Å². The van der Waals surface area contributed by atoms with Gasteiger partial charge in [0, 0.05) is 17.7 Å². The van der Waals surface area contributed by atoms with Crippen LogP contribution in [-0.2, 0) is 11.4 Å². The zero-order chi connectivity index (χ0) is 31.2.